The van der Waals surface area contributed by atoms with Crippen molar-refractivity contribution in [2.45, 2.75) is 24.4 Å². The van der Waals surface area contributed by atoms with Crippen LogP contribution in [0, 0.1) is 0 Å². The Morgan fingerprint density at radius 2 is 1.79 bits per heavy atom. The molecule has 1 aromatic carbocycles. The van der Waals surface area contributed by atoms with Gasteiger partial charge in [-0.05, 0) is 30.5 Å². The van der Waals surface area contributed by atoms with Gasteiger partial charge >= 0.3 is 12.1 Å². The molecule has 1 N–H and O–H groups in total. The molecule has 1 saturated carbocycles. The fourth-order valence-electron chi connectivity index (χ4n) is 2.30. The number of benzene rings is 1. The van der Waals surface area contributed by atoms with E-state index in [1.54, 1.807) is 0 Å². The second-order valence-corrected chi connectivity index (χ2v) is 4.64. The number of fused-ring (bicyclic) bond motifs is 1. The fourth-order valence-corrected chi connectivity index (χ4v) is 2.30. The van der Waals surface area contributed by atoms with Gasteiger partial charge in [-0.1, -0.05) is 0 Å². The van der Waals surface area contributed by atoms with E-state index in [0.29, 0.717) is 0 Å². The second kappa shape index (κ2) is 3.55. The maximum atomic E-state index is 13.0. The molecule has 0 atom stereocenters. The third kappa shape index (κ3) is 1.72. The van der Waals surface area contributed by atoms with Crippen molar-refractivity contribution >= 4 is 5.97 Å². The van der Waals surface area contributed by atoms with Gasteiger partial charge in [0, 0.05) is 0 Å². The highest BCUT2D eigenvalue weighted by atomic mass is 19.4. The van der Waals surface area contributed by atoms with E-state index in [1.807, 2.05) is 0 Å². The lowest BCUT2D eigenvalue weighted by Crippen LogP contribution is -2.24. The van der Waals surface area contributed by atoms with Crippen molar-refractivity contribution in [2.24, 2.45) is 0 Å². The number of carboxylic acids is 1. The van der Waals surface area contributed by atoms with Gasteiger partial charge in [-0.3, -0.25) is 4.79 Å². The summed E-state index contributed by atoms with van der Waals surface area (Å²) < 4.78 is 49.1. The summed E-state index contributed by atoms with van der Waals surface area (Å²) >= 11 is 0. The Labute approximate surface area is 105 Å². The zero-order chi connectivity index (χ0) is 13.8. The molecule has 1 aromatic rings. The maximum absolute atomic E-state index is 13.0. The van der Waals surface area contributed by atoms with Crippen molar-refractivity contribution in [1.82, 2.24) is 0 Å². The molecule has 1 fully saturated rings. The van der Waals surface area contributed by atoms with E-state index < -0.39 is 23.1 Å². The third-order valence-electron chi connectivity index (χ3n) is 3.49. The summed E-state index contributed by atoms with van der Waals surface area (Å²) in [4.78, 5) is 11.2. The smallest absolute Gasteiger partial charge is 0.416 e. The number of rotatable bonds is 2. The Morgan fingerprint density at radius 1 is 1.21 bits per heavy atom. The molecule has 0 amide bonds. The summed E-state index contributed by atoms with van der Waals surface area (Å²) in [6.07, 6.45) is -4.22. The lowest BCUT2D eigenvalue weighted by molar-refractivity contribution is -0.142. The Morgan fingerprint density at radius 3 is 2.26 bits per heavy atom. The van der Waals surface area contributed by atoms with Crippen molar-refractivity contribution in [3.8, 4) is 11.5 Å². The van der Waals surface area contributed by atoms with Gasteiger partial charge in [0.15, 0.2) is 11.5 Å². The van der Waals surface area contributed by atoms with E-state index in [2.05, 4.69) is 0 Å². The summed E-state index contributed by atoms with van der Waals surface area (Å²) in [5.74, 6) is -1.08. The molecule has 1 aliphatic heterocycles. The Balaban J connectivity index is 2.20. The van der Waals surface area contributed by atoms with E-state index in [9.17, 15) is 18.0 Å². The molecule has 7 heteroatoms. The van der Waals surface area contributed by atoms with Gasteiger partial charge in [0.1, 0.15) is 0 Å². The highest BCUT2D eigenvalue weighted by molar-refractivity contribution is 5.86. The first-order valence-corrected chi connectivity index (χ1v) is 5.59. The molecular weight excluding hydrogens is 265 g/mol. The summed E-state index contributed by atoms with van der Waals surface area (Å²) in [5.41, 5.74) is -2.64. The molecule has 0 bridgehead atoms. The van der Waals surface area contributed by atoms with E-state index in [0.717, 1.165) is 12.1 Å². The number of aliphatic carboxylic acids is 1. The van der Waals surface area contributed by atoms with Crippen LogP contribution in [-0.4, -0.2) is 17.9 Å². The largest absolute Gasteiger partial charge is 0.481 e. The highest BCUT2D eigenvalue weighted by Crippen LogP contribution is 2.54. The Bertz CT molecular complexity index is 561. The summed E-state index contributed by atoms with van der Waals surface area (Å²) in [5, 5.41) is 9.16. The number of ether oxygens (including phenoxy) is 2. The predicted octanol–water partition coefficient (Wildman–Crippen LogP) is 2.55. The van der Waals surface area contributed by atoms with Gasteiger partial charge in [-0.25, -0.2) is 0 Å². The van der Waals surface area contributed by atoms with E-state index in [4.69, 9.17) is 14.6 Å². The van der Waals surface area contributed by atoms with Crippen molar-refractivity contribution < 1.29 is 32.5 Å². The standard InChI is InChI=1S/C12H9F3O4/c13-12(14,15)7-4-9-8(18-5-19-9)3-6(7)11(1-2-11)10(16)17/h3-4H,1-2,5H2,(H,16,17). The zero-order valence-electron chi connectivity index (χ0n) is 9.58. The van der Waals surface area contributed by atoms with Gasteiger partial charge in [-0.15, -0.1) is 0 Å². The van der Waals surface area contributed by atoms with Crippen LogP contribution in [0.5, 0.6) is 11.5 Å². The Kier molecular flexibility index (Phi) is 2.27. The third-order valence-corrected chi connectivity index (χ3v) is 3.49. The molecule has 0 unspecified atom stereocenters. The number of hydrogen-bond acceptors (Lipinski definition) is 3. The fraction of sp³-hybridized carbons (Fsp3) is 0.417. The highest BCUT2D eigenvalue weighted by Gasteiger charge is 2.56. The van der Waals surface area contributed by atoms with Crippen LogP contribution in [-0.2, 0) is 16.4 Å². The first kappa shape index (κ1) is 12.1. The second-order valence-electron chi connectivity index (χ2n) is 4.64. The van der Waals surface area contributed by atoms with E-state index >= 15 is 0 Å². The summed E-state index contributed by atoms with van der Waals surface area (Å²) in [7, 11) is 0. The van der Waals surface area contributed by atoms with Crippen molar-refractivity contribution in [3.05, 3.63) is 23.3 Å². The van der Waals surface area contributed by atoms with Crippen LogP contribution in [0.1, 0.15) is 24.0 Å². The van der Waals surface area contributed by atoms with Crippen molar-refractivity contribution in [3.63, 3.8) is 0 Å². The molecule has 2 aliphatic rings. The molecular formula is C12H9F3O4. The number of alkyl halides is 3. The average Bonchev–Trinajstić information content (AvgIpc) is 3.00. The lowest BCUT2D eigenvalue weighted by Gasteiger charge is -2.18. The molecule has 0 radical (unpaired) electrons. The maximum Gasteiger partial charge on any atom is 0.416 e. The summed E-state index contributed by atoms with van der Waals surface area (Å²) in [6.45, 7) is -0.157. The molecule has 19 heavy (non-hydrogen) atoms. The molecule has 0 saturated heterocycles. The molecule has 0 aromatic heterocycles. The van der Waals surface area contributed by atoms with Gasteiger partial charge in [0.25, 0.3) is 0 Å². The number of carboxylic acid groups (broad SMARTS) is 1. The van der Waals surface area contributed by atoms with Crippen LogP contribution in [0.4, 0.5) is 13.2 Å². The van der Waals surface area contributed by atoms with Crippen LogP contribution >= 0.6 is 0 Å². The van der Waals surface area contributed by atoms with Crippen molar-refractivity contribution in [1.29, 1.82) is 0 Å². The number of halogens is 3. The Hall–Kier alpha value is -1.92. The molecule has 1 heterocycles. The number of carbonyl (C=O) groups is 1. The first-order chi connectivity index (χ1) is 8.84. The minimum absolute atomic E-state index is 0.00253. The van der Waals surface area contributed by atoms with Crippen LogP contribution in [0.2, 0.25) is 0 Å². The first-order valence-electron chi connectivity index (χ1n) is 5.59. The average molecular weight is 274 g/mol. The van der Waals surface area contributed by atoms with Crippen molar-refractivity contribution in [2.75, 3.05) is 6.79 Å². The zero-order valence-corrected chi connectivity index (χ0v) is 9.58. The molecule has 4 nitrogen and oxygen atoms in total. The van der Waals surface area contributed by atoms with Crippen LogP contribution in [0.3, 0.4) is 0 Å². The molecule has 102 valence electrons. The normalized spacial score (nSPS) is 19.3. The van der Waals surface area contributed by atoms with Crippen LogP contribution in [0.25, 0.3) is 0 Å². The topological polar surface area (TPSA) is 55.8 Å². The lowest BCUT2D eigenvalue weighted by atomic mass is 9.90. The minimum atomic E-state index is -4.62. The van der Waals surface area contributed by atoms with Gasteiger partial charge in [0.05, 0.1) is 11.0 Å². The monoisotopic (exact) mass is 274 g/mol. The van der Waals surface area contributed by atoms with E-state index in [-0.39, 0.29) is 36.7 Å². The van der Waals surface area contributed by atoms with E-state index in [1.165, 1.54) is 0 Å². The summed E-state index contributed by atoms with van der Waals surface area (Å²) in [6, 6.07) is 1.97. The molecule has 1 aliphatic carbocycles. The predicted molar refractivity (Wildman–Crippen MR) is 56.1 cm³/mol. The van der Waals surface area contributed by atoms with Crippen LogP contribution < -0.4 is 9.47 Å². The van der Waals surface area contributed by atoms with Gasteiger partial charge in [-0.2, -0.15) is 13.2 Å². The van der Waals surface area contributed by atoms with Gasteiger partial charge in [0.2, 0.25) is 6.79 Å². The quantitative estimate of drug-likeness (QED) is 0.900. The minimum Gasteiger partial charge on any atom is -0.481 e. The van der Waals surface area contributed by atoms with Gasteiger partial charge < -0.3 is 14.6 Å². The SMILES string of the molecule is O=C(O)C1(c2cc3c(cc2C(F)(F)F)OCO3)CC1. The molecule has 3 rings (SSSR count). The van der Waals surface area contributed by atoms with Crippen LogP contribution in [0.15, 0.2) is 12.1 Å². The molecule has 0 spiro atoms. The number of hydrogen-bond donors (Lipinski definition) is 1.